The number of amides is 2. The van der Waals surface area contributed by atoms with E-state index < -0.39 is 28.5 Å². The molecular weight excluding hydrogens is 582 g/mol. The lowest BCUT2D eigenvalue weighted by Crippen LogP contribution is -2.53. The Bertz CT molecular complexity index is 1700. The summed E-state index contributed by atoms with van der Waals surface area (Å²) in [7, 11) is -4.15. The van der Waals surface area contributed by atoms with E-state index in [1.807, 2.05) is 101 Å². The standard InChI is InChI=1S/C37H43N3O4S/c1-6-22-38-37(42)35(24-31-10-8-7-9-11-31)39(25-32-18-13-27(2)14-19-32)36(41)26-40(34-23-29(4)12-17-30(34)5)45(43,44)33-20-15-28(3)16-21-33/h7-21,23,35H,6,22,24-26H2,1-5H3,(H,38,42)/t35-/m1/s1. The van der Waals surface area contributed by atoms with Crippen molar-refractivity contribution in [1.29, 1.82) is 0 Å². The highest BCUT2D eigenvalue weighted by Crippen LogP contribution is 2.29. The Kier molecular flexibility index (Phi) is 11.2. The van der Waals surface area contributed by atoms with Gasteiger partial charge in [-0.1, -0.05) is 96.9 Å². The molecule has 0 fully saturated rings. The predicted octanol–water partition coefficient (Wildman–Crippen LogP) is 6.28. The van der Waals surface area contributed by atoms with E-state index in [1.54, 1.807) is 30.3 Å². The highest BCUT2D eigenvalue weighted by Gasteiger charge is 2.35. The second-order valence-corrected chi connectivity index (χ2v) is 13.5. The Hall–Kier alpha value is -4.43. The molecule has 0 aliphatic heterocycles. The molecule has 0 unspecified atom stereocenters. The minimum atomic E-state index is -4.15. The van der Waals surface area contributed by atoms with Gasteiger partial charge in [0, 0.05) is 19.5 Å². The van der Waals surface area contributed by atoms with E-state index in [0.717, 1.165) is 39.8 Å². The van der Waals surface area contributed by atoms with Gasteiger partial charge in [0.2, 0.25) is 11.8 Å². The van der Waals surface area contributed by atoms with Crippen LogP contribution in [0.5, 0.6) is 0 Å². The molecule has 0 bridgehead atoms. The molecule has 1 atom stereocenters. The maximum atomic E-state index is 14.6. The van der Waals surface area contributed by atoms with E-state index in [-0.39, 0.29) is 23.8 Å². The lowest BCUT2D eigenvalue weighted by molar-refractivity contribution is -0.140. The first-order chi connectivity index (χ1) is 21.5. The molecule has 45 heavy (non-hydrogen) atoms. The van der Waals surface area contributed by atoms with E-state index in [4.69, 9.17) is 0 Å². The van der Waals surface area contributed by atoms with Crippen molar-refractivity contribution in [2.75, 3.05) is 17.4 Å². The minimum absolute atomic E-state index is 0.0911. The molecule has 0 saturated carbocycles. The quantitative estimate of drug-likeness (QED) is 0.190. The van der Waals surface area contributed by atoms with Gasteiger partial charge in [0.1, 0.15) is 12.6 Å². The smallest absolute Gasteiger partial charge is 0.264 e. The molecule has 4 aromatic carbocycles. The number of nitrogens with zero attached hydrogens (tertiary/aromatic N) is 2. The van der Waals surface area contributed by atoms with Crippen LogP contribution in [0.15, 0.2) is 102 Å². The SMILES string of the molecule is CCCNC(=O)[C@@H](Cc1ccccc1)N(Cc1ccc(C)cc1)C(=O)CN(c1cc(C)ccc1C)S(=O)(=O)c1ccc(C)cc1. The average Bonchev–Trinajstić information content (AvgIpc) is 3.03. The van der Waals surface area contributed by atoms with E-state index in [9.17, 15) is 18.0 Å². The Morgan fingerprint density at radius 3 is 1.98 bits per heavy atom. The number of sulfonamides is 1. The van der Waals surface area contributed by atoms with Gasteiger partial charge in [-0.25, -0.2) is 8.42 Å². The normalized spacial score (nSPS) is 11.9. The monoisotopic (exact) mass is 625 g/mol. The third-order valence-electron chi connectivity index (χ3n) is 7.82. The van der Waals surface area contributed by atoms with Crippen LogP contribution in [0, 0.1) is 27.7 Å². The van der Waals surface area contributed by atoms with Crippen LogP contribution < -0.4 is 9.62 Å². The number of rotatable bonds is 13. The first-order valence-corrected chi connectivity index (χ1v) is 16.8. The number of carbonyl (C=O) groups is 2. The van der Waals surface area contributed by atoms with Crippen LogP contribution in [0.4, 0.5) is 5.69 Å². The summed E-state index contributed by atoms with van der Waals surface area (Å²) in [5, 5.41) is 2.98. The molecule has 0 heterocycles. The van der Waals surface area contributed by atoms with Gasteiger partial charge in [-0.3, -0.25) is 13.9 Å². The molecule has 0 aromatic heterocycles. The van der Waals surface area contributed by atoms with E-state index in [0.29, 0.717) is 12.2 Å². The number of anilines is 1. The van der Waals surface area contributed by atoms with Crippen molar-refractivity contribution in [3.05, 3.63) is 130 Å². The molecule has 0 saturated heterocycles. The first kappa shape index (κ1) is 33.5. The molecule has 0 spiro atoms. The van der Waals surface area contributed by atoms with Crippen molar-refractivity contribution in [2.45, 2.75) is 64.9 Å². The van der Waals surface area contributed by atoms with Crippen LogP contribution in [0.25, 0.3) is 0 Å². The Morgan fingerprint density at radius 1 is 0.756 bits per heavy atom. The number of nitrogens with one attached hydrogen (secondary N) is 1. The molecule has 4 aromatic rings. The van der Waals surface area contributed by atoms with Crippen molar-refractivity contribution >= 4 is 27.5 Å². The Morgan fingerprint density at radius 2 is 1.36 bits per heavy atom. The number of aryl methyl sites for hydroxylation is 4. The predicted molar refractivity (Wildman–Crippen MR) is 181 cm³/mol. The number of hydrogen-bond donors (Lipinski definition) is 1. The fourth-order valence-electron chi connectivity index (χ4n) is 5.15. The van der Waals surface area contributed by atoms with Crippen LogP contribution in [-0.2, 0) is 32.6 Å². The van der Waals surface area contributed by atoms with Gasteiger partial charge < -0.3 is 10.2 Å². The second-order valence-electron chi connectivity index (χ2n) is 11.6. The lowest BCUT2D eigenvalue weighted by atomic mass is 10.0. The van der Waals surface area contributed by atoms with Gasteiger partial charge in [-0.2, -0.15) is 0 Å². The molecule has 2 amide bonds. The summed E-state index contributed by atoms with van der Waals surface area (Å²) < 4.78 is 29.7. The fourth-order valence-corrected chi connectivity index (χ4v) is 6.62. The number of hydrogen-bond acceptors (Lipinski definition) is 4. The second kappa shape index (κ2) is 15.0. The number of carbonyl (C=O) groups excluding carboxylic acids is 2. The molecule has 7 nitrogen and oxygen atoms in total. The summed E-state index contributed by atoms with van der Waals surface area (Å²) in [5.41, 5.74) is 5.75. The molecule has 0 aliphatic rings. The largest absolute Gasteiger partial charge is 0.354 e. The third-order valence-corrected chi connectivity index (χ3v) is 9.59. The van der Waals surface area contributed by atoms with E-state index >= 15 is 0 Å². The summed E-state index contributed by atoms with van der Waals surface area (Å²) in [5.74, 6) is -0.749. The van der Waals surface area contributed by atoms with E-state index in [1.165, 1.54) is 9.21 Å². The molecule has 8 heteroatoms. The molecule has 236 valence electrons. The van der Waals surface area contributed by atoms with Crippen LogP contribution in [0.2, 0.25) is 0 Å². The molecule has 4 rings (SSSR count). The topological polar surface area (TPSA) is 86.8 Å². The average molecular weight is 626 g/mol. The van der Waals surface area contributed by atoms with Crippen molar-refractivity contribution in [2.24, 2.45) is 0 Å². The fraction of sp³-hybridized carbons (Fsp3) is 0.297. The summed E-state index contributed by atoms with van der Waals surface area (Å²) >= 11 is 0. The van der Waals surface area contributed by atoms with Crippen LogP contribution in [0.3, 0.4) is 0 Å². The van der Waals surface area contributed by atoms with Gasteiger partial charge >= 0.3 is 0 Å². The maximum absolute atomic E-state index is 14.6. The highest BCUT2D eigenvalue weighted by molar-refractivity contribution is 7.92. The van der Waals surface area contributed by atoms with E-state index in [2.05, 4.69) is 5.32 Å². The van der Waals surface area contributed by atoms with Crippen molar-refractivity contribution in [1.82, 2.24) is 10.2 Å². The van der Waals surface area contributed by atoms with Gasteiger partial charge in [-0.15, -0.1) is 0 Å². The van der Waals surface area contributed by atoms with Crippen molar-refractivity contribution in [3.8, 4) is 0 Å². The summed E-state index contributed by atoms with van der Waals surface area (Å²) in [6.07, 6.45) is 1.02. The van der Waals surface area contributed by atoms with Gasteiger partial charge in [0.05, 0.1) is 10.6 Å². The van der Waals surface area contributed by atoms with Gasteiger partial charge in [0.15, 0.2) is 0 Å². The zero-order valence-electron chi connectivity index (χ0n) is 26.8. The maximum Gasteiger partial charge on any atom is 0.264 e. The zero-order chi connectivity index (χ0) is 32.6. The van der Waals surface area contributed by atoms with Crippen LogP contribution in [0.1, 0.15) is 46.7 Å². The Balaban J connectivity index is 1.82. The van der Waals surface area contributed by atoms with Gasteiger partial charge in [0.25, 0.3) is 10.0 Å². The lowest BCUT2D eigenvalue weighted by Gasteiger charge is -2.34. The van der Waals surface area contributed by atoms with Crippen LogP contribution in [-0.4, -0.2) is 44.3 Å². The third kappa shape index (κ3) is 8.60. The molecular formula is C37H43N3O4S. The van der Waals surface area contributed by atoms with Gasteiger partial charge in [-0.05, 0) is 74.6 Å². The minimum Gasteiger partial charge on any atom is -0.354 e. The molecule has 0 aliphatic carbocycles. The first-order valence-electron chi connectivity index (χ1n) is 15.3. The summed E-state index contributed by atoms with van der Waals surface area (Å²) in [6.45, 7) is 9.70. The number of benzene rings is 4. The summed E-state index contributed by atoms with van der Waals surface area (Å²) in [6, 6.07) is 28.7. The molecule has 1 N–H and O–H groups in total. The van der Waals surface area contributed by atoms with Crippen molar-refractivity contribution < 1.29 is 18.0 Å². The zero-order valence-corrected chi connectivity index (χ0v) is 27.6. The highest BCUT2D eigenvalue weighted by atomic mass is 32.2. The summed E-state index contributed by atoms with van der Waals surface area (Å²) in [4.78, 5) is 30.0. The Labute approximate surface area is 268 Å². The van der Waals surface area contributed by atoms with Crippen molar-refractivity contribution in [3.63, 3.8) is 0 Å². The molecule has 0 radical (unpaired) electrons. The van der Waals surface area contributed by atoms with Crippen LogP contribution >= 0.6 is 0 Å².